The minimum atomic E-state index is 0.235. The highest BCUT2D eigenvalue weighted by Crippen LogP contribution is 2.33. The van der Waals surface area contributed by atoms with Crippen LogP contribution in [0.1, 0.15) is 17.0 Å². The average Bonchev–Trinajstić information content (AvgIpc) is 2.36. The standard InChI is InChI=1S/C14H19NO2/c1-2-4-14-11(3-1)7-12(14)8-15-9-13-10-16-5-6-17-13/h1-4,12-13,15H,5-10H2. The van der Waals surface area contributed by atoms with Gasteiger partial charge in [-0.2, -0.15) is 0 Å². The van der Waals surface area contributed by atoms with E-state index in [-0.39, 0.29) is 6.10 Å². The Morgan fingerprint density at radius 2 is 2.12 bits per heavy atom. The van der Waals surface area contributed by atoms with E-state index in [4.69, 9.17) is 9.47 Å². The van der Waals surface area contributed by atoms with E-state index in [2.05, 4.69) is 29.6 Å². The van der Waals surface area contributed by atoms with Gasteiger partial charge in [-0.05, 0) is 17.5 Å². The lowest BCUT2D eigenvalue weighted by Gasteiger charge is -2.31. The van der Waals surface area contributed by atoms with Crippen molar-refractivity contribution in [3.63, 3.8) is 0 Å². The molecule has 1 heterocycles. The lowest BCUT2D eigenvalue weighted by molar-refractivity contribution is -0.0864. The fraction of sp³-hybridized carbons (Fsp3) is 0.571. The number of nitrogens with one attached hydrogen (secondary N) is 1. The molecule has 1 aromatic carbocycles. The maximum absolute atomic E-state index is 5.59. The molecule has 3 rings (SSSR count). The SMILES string of the molecule is c1ccc2c(c1)CC2CNCC1COCCO1. The van der Waals surface area contributed by atoms with Gasteiger partial charge in [-0.1, -0.05) is 24.3 Å². The second-order valence-electron chi connectivity index (χ2n) is 4.83. The molecule has 1 aliphatic heterocycles. The average molecular weight is 233 g/mol. The molecule has 0 bridgehead atoms. The van der Waals surface area contributed by atoms with Crippen LogP contribution in [-0.2, 0) is 15.9 Å². The van der Waals surface area contributed by atoms with Crippen LogP contribution in [0.25, 0.3) is 0 Å². The number of hydrogen-bond acceptors (Lipinski definition) is 3. The van der Waals surface area contributed by atoms with E-state index in [1.165, 1.54) is 17.5 Å². The van der Waals surface area contributed by atoms with Crippen LogP contribution >= 0.6 is 0 Å². The fourth-order valence-corrected chi connectivity index (χ4v) is 2.62. The molecular weight excluding hydrogens is 214 g/mol. The second kappa shape index (κ2) is 5.17. The second-order valence-corrected chi connectivity index (χ2v) is 4.83. The monoisotopic (exact) mass is 233 g/mol. The molecule has 2 unspecified atom stereocenters. The molecule has 3 nitrogen and oxygen atoms in total. The lowest BCUT2D eigenvalue weighted by Crippen LogP contribution is -2.39. The highest BCUT2D eigenvalue weighted by atomic mass is 16.6. The number of ether oxygens (including phenoxy) is 2. The van der Waals surface area contributed by atoms with E-state index in [1.807, 2.05) is 0 Å². The van der Waals surface area contributed by atoms with Gasteiger partial charge in [-0.15, -0.1) is 0 Å². The van der Waals surface area contributed by atoms with Gasteiger partial charge in [0.1, 0.15) is 0 Å². The van der Waals surface area contributed by atoms with Crippen molar-refractivity contribution in [3.8, 4) is 0 Å². The molecule has 92 valence electrons. The van der Waals surface area contributed by atoms with E-state index in [0.29, 0.717) is 5.92 Å². The summed E-state index contributed by atoms with van der Waals surface area (Å²) in [7, 11) is 0. The molecule has 0 radical (unpaired) electrons. The zero-order chi connectivity index (χ0) is 11.5. The van der Waals surface area contributed by atoms with E-state index in [0.717, 1.165) is 32.9 Å². The first-order valence-electron chi connectivity index (χ1n) is 6.41. The summed E-state index contributed by atoms with van der Waals surface area (Å²) >= 11 is 0. The summed E-state index contributed by atoms with van der Waals surface area (Å²) in [6, 6.07) is 8.72. The first-order chi connectivity index (χ1) is 8.43. The number of benzene rings is 1. The van der Waals surface area contributed by atoms with Crippen LogP contribution in [0.15, 0.2) is 24.3 Å². The molecule has 0 aromatic heterocycles. The number of rotatable bonds is 4. The Labute approximate surface area is 102 Å². The van der Waals surface area contributed by atoms with E-state index >= 15 is 0 Å². The third kappa shape index (κ3) is 2.51. The topological polar surface area (TPSA) is 30.5 Å². The van der Waals surface area contributed by atoms with E-state index in [1.54, 1.807) is 0 Å². The van der Waals surface area contributed by atoms with Gasteiger partial charge in [-0.25, -0.2) is 0 Å². The van der Waals surface area contributed by atoms with Crippen molar-refractivity contribution in [2.24, 2.45) is 0 Å². The summed E-state index contributed by atoms with van der Waals surface area (Å²) in [6.07, 6.45) is 1.45. The first kappa shape index (κ1) is 11.2. The Morgan fingerprint density at radius 3 is 2.94 bits per heavy atom. The van der Waals surface area contributed by atoms with Crippen molar-refractivity contribution < 1.29 is 9.47 Å². The van der Waals surface area contributed by atoms with Crippen LogP contribution in [0.4, 0.5) is 0 Å². The summed E-state index contributed by atoms with van der Waals surface area (Å²) in [5, 5.41) is 3.49. The normalized spacial score (nSPS) is 27.3. The highest BCUT2D eigenvalue weighted by molar-refractivity contribution is 5.40. The van der Waals surface area contributed by atoms with Crippen LogP contribution < -0.4 is 5.32 Å². The van der Waals surface area contributed by atoms with E-state index in [9.17, 15) is 0 Å². The molecule has 1 N–H and O–H groups in total. The van der Waals surface area contributed by atoms with Gasteiger partial charge in [0.25, 0.3) is 0 Å². The van der Waals surface area contributed by atoms with Crippen LogP contribution in [0.5, 0.6) is 0 Å². The zero-order valence-corrected chi connectivity index (χ0v) is 10.0. The van der Waals surface area contributed by atoms with Crippen LogP contribution in [0, 0.1) is 0 Å². The molecule has 0 saturated carbocycles. The summed E-state index contributed by atoms with van der Waals surface area (Å²) in [4.78, 5) is 0. The molecule has 2 aliphatic rings. The lowest BCUT2D eigenvalue weighted by atomic mass is 9.77. The predicted molar refractivity (Wildman–Crippen MR) is 66.3 cm³/mol. The Kier molecular flexibility index (Phi) is 3.41. The van der Waals surface area contributed by atoms with Gasteiger partial charge in [0, 0.05) is 19.0 Å². The summed E-state index contributed by atoms with van der Waals surface area (Å²) in [5.74, 6) is 0.690. The van der Waals surface area contributed by atoms with Crippen molar-refractivity contribution in [2.75, 3.05) is 32.9 Å². The quantitative estimate of drug-likeness (QED) is 0.851. The number of fused-ring (bicyclic) bond motifs is 1. The maximum Gasteiger partial charge on any atom is 0.0933 e. The molecule has 1 saturated heterocycles. The van der Waals surface area contributed by atoms with Crippen molar-refractivity contribution in [1.29, 1.82) is 0 Å². The number of hydrogen-bond donors (Lipinski definition) is 1. The van der Waals surface area contributed by atoms with Crippen LogP contribution in [0.2, 0.25) is 0 Å². The third-order valence-electron chi connectivity index (χ3n) is 3.61. The van der Waals surface area contributed by atoms with Crippen molar-refractivity contribution in [2.45, 2.75) is 18.4 Å². The van der Waals surface area contributed by atoms with Crippen molar-refractivity contribution in [1.82, 2.24) is 5.32 Å². The van der Waals surface area contributed by atoms with Crippen LogP contribution in [0.3, 0.4) is 0 Å². The smallest absolute Gasteiger partial charge is 0.0933 e. The van der Waals surface area contributed by atoms with Crippen molar-refractivity contribution in [3.05, 3.63) is 35.4 Å². The summed E-state index contributed by atoms with van der Waals surface area (Å²) in [5.41, 5.74) is 3.03. The Morgan fingerprint density at radius 1 is 1.18 bits per heavy atom. The zero-order valence-electron chi connectivity index (χ0n) is 10.0. The molecule has 1 aromatic rings. The minimum Gasteiger partial charge on any atom is -0.376 e. The predicted octanol–water partition coefficient (Wildman–Crippen LogP) is 1.33. The summed E-state index contributed by atoms with van der Waals surface area (Å²) < 4.78 is 11.0. The molecule has 0 spiro atoms. The molecule has 1 aliphatic carbocycles. The molecule has 2 atom stereocenters. The Balaban J connectivity index is 1.41. The minimum absolute atomic E-state index is 0.235. The van der Waals surface area contributed by atoms with Gasteiger partial charge >= 0.3 is 0 Å². The summed E-state index contributed by atoms with van der Waals surface area (Å²) in [6.45, 7) is 4.16. The fourth-order valence-electron chi connectivity index (χ4n) is 2.62. The van der Waals surface area contributed by atoms with Gasteiger partial charge in [0.15, 0.2) is 0 Å². The van der Waals surface area contributed by atoms with E-state index < -0.39 is 0 Å². The Bertz CT molecular complexity index is 374. The van der Waals surface area contributed by atoms with Gasteiger partial charge < -0.3 is 14.8 Å². The third-order valence-corrected chi connectivity index (χ3v) is 3.61. The Hall–Kier alpha value is -0.900. The van der Waals surface area contributed by atoms with Gasteiger partial charge in [0.2, 0.25) is 0 Å². The largest absolute Gasteiger partial charge is 0.376 e. The molecule has 1 fully saturated rings. The highest BCUT2D eigenvalue weighted by Gasteiger charge is 2.25. The molecule has 0 amide bonds. The maximum atomic E-state index is 5.59. The molecule has 17 heavy (non-hydrogen) atoms. The molecular formula is C14H19NO2. The molecule has 3 heteroatoms. The van der Waals surface area contributed by atoms with Gasteiger partial charge in [-0.3, -0.25) is 0 Å². The van der Waals surface area contributed by atoms with Crippen molar-refractivity contribution >= 4 is 0 Å². The van der Waals surface area contributed by atoms with Crippen LogP contribution in [-0.4, -0.2) is 39.0 Å². The van der Waals surface area contributed by atoms with Gasteiger partial charge in [0.05, 0.1) is 25.9 Å². The first-order valence-corrected chi connectivity index (χ1v) is 6.41.